The van der Waals surface area contributed by atoms with Gasteiger partial charge in [0.25, 0.3) is 0 Å². The van der Waals surface area contributed by atoms with Crippen LogP contribution >= 0.6 is 27.7 Å². The van der Waals surface area contributed by atoms with E-state index in [0.29, 0.717) is 6.07 Å². The molecule has 2 aromatic carbocycles. The molecule has 0 aliphatic carbocycles. The van der Waals surface area contributed by atoms with Gasteiger partial charge in [0, 0.05) is 10.5 Å². The second-order valence-electron chi connectivity index (χ2n) is 5.24. The normalized spacial score (nSPS) is 10.8. The number of rotatable bonds is 5. The number of nitrogens with two attached hydrogens (primary N) is 1. The maximum Gasteiger partial charge on any atom is 0.234 e. The molecule has 3 aromatic rings. The standard InChI is InChI=1S/C16H11BrF3N5OS/c17-10-5-8(18)6-12(20)14(10)22-13(26)7-27-16-24-23-15(25(16)21)9-3-1-2-4-11(9)19/h1-6H,7,21H2,(H,22,26). The van der Waals surface area contributed by atoms with Crippen LogP contribution in [0.15, 0.2) is 46.0 Å². The van der Waals surface area contributed by atoms with Gasteiger partial charge in [-0.05, 0) is 34.1 Å². The average molecular weight is 458 g/mol. The smallest absolute Gasteiger partial charge is 0.234 e. The summed E-state index contributed by atoms with van der Waals surface area (Å²) < 4.78 is 41.8. The molecular formula is C16H11BrF3N5OS. The second kappa shape index (κ2) is 8.01. The second-order valence-corrected chi connectivity index (χ2v) is 7.03. The average Bonchev–Trinajstić information content (AvgIpc) is 2.97. The Kier molecular flexibility index (Phi) is 5.71. The molecule has 0 bridgehead atoms. The van der Waals surface area contributed by atoms with E-state index in [0.717, 1.165) is 22.5 Å². The van der Waals surface area contributed by atoms with Crippen LogP contribution in [0.4, 0.5) is 18.9 Å². The van der Waals surface area contributed by atoms with E-state index < -0.39 is 23.4 Å². The Morgan fingerprint density at radius 2 is 1.93 bits per heavy atom. The molecule has 1 aromatic heterocycles. The van der Waals surface area contributed by atoms with Crippen LogP contribution in [0, 0.1) is 17.5 Å². The molecule has 11 heteroatoms. The lowest BCUT2D eigenvalue weighted by Gasteiger charge is -2.09. The molecule has 3 rings (SSSR count). The molecule has 0 spiro atoms. The Morgan fingerprint density at radius 1 is 1.19 bits per heavy atom. The number of hydrogen-bond donors (Lipinski definition) is 2. The van der Waals surface area contributed by atoms with Gasteiger partial charge in [0.15, 0.2) is 11.6 Å². The maximum absolute atomic E-state index is 13.9. The van der Waals surface area contributed by atoms with E-state index >= 15 is 0 Å². The van der Waals surface area contributed by atoms with Gasteiger partial charge in [0.2, 0.25) is 11.1 Å². The monoisotopic (exact) mass is 457 g/mol. The van der Waals surface area contributed by atoms with Crippen LogP contribution in [-0.4, -0.2) is 26.5 Å². The van der Waals surface area contributed by atoms with Crippen LogP contribution in [0.3, 0.4) is 0 Å². The number of amides is 1. The van der Waals surface area contributed by atoms with Crippen molar-refractivity contribution in [2.75, 3.05) is 16.9 Å². The summed E-state index contributed by atoms with van der Waals surface area (Å²) in [7, 11) is 0. The Bertz CT molecular complexity index is 990. The predicted molar refractivity (Wildman–Crippen MR) is 99.0 cm³/mol. The molecule has 1 amide bonds. The first-order valence-electron chi connectivity index (χ1n) is 7.39. The van der Waals surface area contributed by atoms with E-state index in [9.17, 15) is 18.0 Å². The molecule has 0 fully saturated rings. The number of hydrogen-bond acceptors (Lipinski definition) is 5. The lowest BCUT2D eigenvalue weighted by atomic mass is 10.2. The Balaban J connectivity index is 1.69. The summed E-state index contributed by atoms with van der Waals surface area (Å²) in [4.78, 5) is 12.0. The number of carbonyl (C=O) groups is 1. The maximum atomic E-state index is 13.9. The zero-order valence-corrected chi connectivity index (χ0v) is 15.8. The Labute approximate surface area is 164 Å². The van der Waals surface area contributed by atoms with Gasteiger partial charge in [0.05, 0.1) is 17.0 Å². The summed E-state index contributed by atoms with van der Waals surface area (Å²) in [6.07, 6.45) is 0. The van der Waals surface area contributed by atoms with Gasteiger partial charge >= 0.3 is 0 Å². The van der Waals surface area contributed by atoms with Crippen molar-refractivity contribution < 1.29 is 18.0 Å². The van der Waals surface area contributed by atoms with E-state index in [-0.39, 0.29) is 32.5 Å². The van der Waals surface area contributed by atoms with Crippen LogP contribution in [0.2, 0.25) is 0 Å². The summed E-state index contributed by atoms with van der Waals surface area (Å²) in [5, 5.41) is 10.2. The molecule has 140 valence electrons. The molecule has 6 nitrogen and oxygen atoms in total. The molecule has 0 saturated heterocycles. The van der Waals surface area contributed by atoms with Crippen LogP contribution in [-0.2, 0) is 4.79 Å². The number of nitrogens with zero attached hydrogens (tertiary/aromatic N) is 3. The van der Waals surface area contributed by atoms with Crippen molar-refractivity contribution in [3.63, 3.8) is 0 Å². The Morgan fingerprint density at radius 3 is 2.63 bits per heavy atom. The summed E-state index contributed by atoms with van der Waals surface area (Å²) >= 11 is 3.92. The van der Waals surface area contributed by atoms with Gasteiger partial charge in [-0.1, -0.05) is 23.9 Å². The number of anilines is 1. The van der Waals surface area contributed by atoms with Gasteiger partial charge in [-0.3, -0.25) is 4.79 Å². The largest absolute Gasteiger partial charge is 0.335 e. The van der Waals surface area contributed by atoms with Crippen molar-refractivity contribution in [3.05, 3.63) is 58.3 Å². The zero-order chi connectivity index (χ0) is 19.6. The fraction of sp³-hybridized carbons (Fsp3) is 0.0625. The summed E-state index contributed by atoms with van der Waals surface area (Å²) in [5.41, 5.74) is -0.00984. The van der Waals surface area contributed by atoms with Crippen LogP contribution < -0.4 is 11.2 Å². The highest BCUT2D eigenvalue weighted by Crippen LogP contribution is 2.28. The fourth-order valence-corrected chi connectivity index (χ4v) is 3.33. The molecule has 0 atom stereocenters. The number of aromatic nitrogens is 3. The lowest BCUT2D eigenvalue weighted by molar-refractivity contribution is -0.113. The molecule has 0 radical (unpaired) electrons. The molecule has 0 aliphatic heterocycles. The molecular weight excluding hydrogens is 447 g/mol. The molecule has 0 unspecified atom stereocenters. The van der Waals surface area contributed by atoms with Crippen molar-refractivity contribution in [1.82, 2.24) is 14.9 Å². The third-order valence-corrected chi connectivity index (χ3v) is 4.95. The van der Waals surface area contributed by atoms with Crippen molar-refractivity contribution in [3.8, 4) is 11.4 Å². The molecule has 0 saturated carbocycles. The minimum atomic E-state index is -0.913. The predicted octanol–water partition coefficient (Wildman–Crippen LogP) is 3.57. The van der Waals surface area contributed by atoms with Gasteiger partial charge in [0.1, 0.15) is 11.6 Å². The zero-order valence-electron chi connectivity index (χ0n) is 13.4. The van der Waals surface area contributed by atoms with Gasteiger partial charge in [-0.15, -0.1) is 10.2 Å². The molecule has 27 heavy (non-hydrogen) atoms. The lowest BCUT2D eigenvalue weighted by Crippen LogP contribution is -2.17. The highest BCUT2D eigenvalue weighted by Gasteiger charge is 2.17. The minimum Gasteiger partial charge on any atom is -0.335 e. The summed E-state index contributed by atoms with van der Waals surface area (Å²) in [5.74, 6) is 3.03. The third kappa shape index (κ3) is 4.25. The van der Waals surface area contributed by atoms with Gasteiger partial charge < -0.3 is 11.2 Å². The molecule has 1 heterocycles. The highest BCUT2D eigenvalue weighted by molar-refractivity contribution is 9.10. The van der Waals surface area contributed by atoms with E-state index in [1.807, 2.05) is 0 Å². The van der Waals surface area contributed by atoms with Crippen LogP contribution in [0.1, 0.15) is 0 Å². The van der Waals surface area contributed by atoms with Crippen molar-refractivity contribution in [1.29, 1.82) is 0 Å². The quantitative estimate of drug-likeness (QED) is 0.451. The van der Waals surface area contributed by atoms with E-state index in [1.54, 1.807) is 6.07 Å². The first-order chi connectivity index (χ1) is 12.9. The van der Waals surface area contributed by atoms with Crippen molar-refractivity contribution >= 4 is 39.3 Å². The topological polar surface area (TPSA) is 85.8 Å². The minimum absolute atomic E-state index is 0.0715. The van der Waals surface area contributed by atoms with Crippen molar-refractivity contribution in [2.45, 2.75) is 5.16 Å². The molecule has 0 aliphatic rings. The number of halogens is 4. The third-order valence-electron chi connectivity index (χ3n) is 3.38. The summed E-state index contributed by atoms with van der Waals surface area (Å²) in [6, 6.07) is 7.61. The van der Waals surface area contributed by atoms with E-state index in [4.69, 9.17) is 5.84 Å². The van der Waals surface area contributed by atoms with Crippen LogP contribution in [0.25, 0.3) is 11.4 Å². The summed E-state index contributed by atoms with van der Waals surface area (Å²) in [6.45, 7) is 0. The van der Waals surface area contributed by atoms with Gasteiger partial charge in [-0.25, -0.2) is 17.8 Å². The number of thioether (sulfide) groups is 1. The van der Waals surface area contributed by atoms with E-state index in [1.165, 1.54) is 18.2 Å². The van der Waals surface area contributed by atoms with Gasteiger partial charge in [-0.2, -0.15) is 0 Å². The number of benzene rings is 2. The van der Waals surface area contributed by atoms with E-state index in [2.05, 4.69) is 31.4 Å². The first kappa shape index (κ1) is 19.2. The highest BCUT2D eigenvalue weighted by atomic mass is 79.9. The van der Waals surface area contributed by atoms with Crippen molar-refractivity contribution in [2.24, 2.45) is 0 Å². The number of nitrogen functional groups attached to an aromatic ring is 1. The molecule has 3 N–H and O–H groups in total. The fourth-order valence-electron chi connectivity index (χ4n) is 2.17. The first-order valence-corrected chi connectivity index (χ1v) is 9.17. The number of nitrogens with one attached hydrogen (secondary N) is 1. The number of carbonyl (C=O) groups excluding carboxylic acids is 1. The Hall–Kier alpha value is -2.53. The SMILES string of the molecule is Nn1c(SCC(=O)Nc2c(F)cc(F)cc2Br)nnc1-c1ccccc1F. The van der Waals surface area contributed by atoms with Crippen LogP contribution in [0.5, 0.6) is 0 Å².